The second-order valence-corrected chi connectivity index (χ2v) is 5.70. The van der Waals surface area contributed by atoms with Crippen LogP contribution < -0.4 is 15.8 Å². The fourth-order valence-electron chi connectivity index (χ4n) is 1.85. The van der Waals surface area contributed by atoms with Gasteiger partial charge in [0.2, 0.25) is 10.0 Å². The summed E-state index contributed by atoms with van der Waals surface area (Å²) < 4.78 is 22.8. The molecule has 0 amide bonds. The van der Waals surface area contributed by atoms with Crippen LogP contribution in [0.25, 0.3) is 0 Å². The summed E-state index contributed by atoms with van der Waals surface area (Å²) in [4.78, 5) is 2.06. The maximum Gasteiger partial charge on any atom is 0.240 e. The third-order valence-corrected chi connectivity index (χ3v) is 3.82. The van der Waals surface area contributed by atoms with E-state index in [-0.39, 0.29) is 10.6 Å². The van der Waals surface area contributed by atoms with Crippen LogP contribution in [0.2, 0.25) is 0 Å². The number of nitrogen functional groups attached to an aromatic ring is 1. The summed E-state index contributed by atoms with van der Waals surface area (Å²) in [5, 5.41) is 5.14. The number of hydrogen-bond donors (Lipinski definition) is 2. The molecule has 0 fully saturated rings. The first-order valence-electron chi connectivity index (χ1n) is 6.08. The van der Waals surface area contributed by atoms with Crippen molar-refractivity contribution in [2.45, 2.75) is 31.6 Å². The number of primary sulfonamides is 1. The predicted octanol–water partition coefficient (Wildman–Crippen LogP) is 1.54. The van der Waals surface area contributed by atoms with Crippen LogP contribution in [0, 0.1) is 0 Å². The number of unbranched alkanes of at least 4 members (excludes halogenated alkanes) is 1. The van der Waals surface area contributed by atoms with Gasteiger partial charge in [-0.3, -0.25) is 0 Å². The van der Waals surface area contributed by atoms with Crippen molar-refractivity contribution in [1.82, 2.24) is 0 Å². The van der Waals surface area contributed by atoms with Gasteiger partial charge >= 0.3 is 0 Å². The Morgan fingerprint density at radius 1 is 1.28 bits per heavy atom. The fraction of sp³-hybridized carbons (Fsp3) is 0.500. The van der Waals surface area contributed by atoms with Gasteiger partial charge in [-0.1, -0.05) is 19.4 Å². The van der Waals surface area contributed by atoms with Gasteiger partial charge in [0.15, 0.2) is 0 Å². The first-order valence-corrected chi connectivity index (χ1v) is 7.62. The number of nitrogens with zero attached hydrogens (tertiary/aromatic N) is 1. The summed E-state index contributed by atoms with van der Waals surface area (Å²) >= 11 is 0. The summed E-state index contributed by atoms with van der Waals surface area (Å²) in [7, 11) is -3.77. The average Bonchev–Trinajstić information content (AvgIpc) is 2.30. The van der Waals surface area contributed by atoms with Crippen LogP contribution in [0.15, 0.2) is 23.1 Å². The molecule has 0 aromatic heterocycles. The summed E-state index contributed by atoms with van der Waals surface area (Å²) in [6, 6.07) is 4.92. The Morgan fingerprint density at radius 2 is 1.94 bits per heavy atom. The Balaban J connectivity index is 3.17. The SMILES string of the molecule is CCCCN(CC)c1cccc(S(N)(=O)=O)c1N. The first-order chi connectivity index (χ1) is 8.41. The molecule has 6 heteroatoms. The molecular formula is C12H21N3O2S. The Labute approximate surface area is 109 Å². The van der Waals surface area contributed by atoms with Gasteiger partial charge in [-0.15, -0.1) is 0 Å². The summed E-state index contributed by atoms with van der Waals surface area (Å²) in [5.74, 6) is 0. The highest BCUT2D eigenvalue weighted by Crippen LogP contribution is 2.29. The third kappa shape index (κ3) is 3.36. The van der Waals surface area contributed by atoms with E-state index in [9.17, 15) is 8.42 Å². The molecule has 18 heavy (non-hydrogen) atoms. The van der Waals surface area contributed by atoms with Crippen molar-refractivity contribution in [3.8, 4) is 0 Å². The fourth-order valence-corrected chi connectivity index (χ4v) is 2.53. The third-order valence-electron chi connectivity index (χ3n) is 2.85. The van der Waals surface area contributed by atoms with Crippen molar-refractivity contribution < 1.29 is 8.42 Å². The van der Waals surface area contributed by atoms with Crippen molar-refractivity contribution in [2.75, 3.05) is 23.7 Å². The largest absolute Gasteiger partial charge is 0.396 e. The smallest absolute Gasteiger partial charge is 0.240 e. The minimum atomic E-state index is -3.77. The lowest BCUT2D eigenvalue weighted by Gasteiger charge is -2.25. The molecule has 0 spiro atoms. The monoisotopic (exact) mass is 271 g/mol. The van der Waals surface area contributed by atoms with E-state index in [2.05, 4.69) is 11.8 Å². The van der Waals surface area contributed by atoms with Crippen LogP contribution in [0.4, 0.5) is 11.4 Å². The molecule has 0 heterocycles. The normalized spacial score (nSPS) is 11.5. The molecule has 0 saturated carbocycles. The molecular weight excluding hydrogens is 250 g/mol. The van der Waals surface area contributed by atoms with E-state index in [1.807, 2.05) is 13.0 Å². The summed E-state index contributed by atoms with van der Waals surface area (Å²) in [6.45, 7) is 5.75. The zero-order valence-electron chi connectivity index (χ0n) is 10.9. The molecule has 1 aromatic carbocycles. The molecule has 0 radical (unpaired) electrons. The second-order valence-electron chi connectivity index (χ2n) is 4.17. The van der Waals surface area contributed by atoms with Gasteiger partial charge in [0.05, 0.1) is 11.4 Å². The van der Waals surface area contributed by atoms with Crippen LogP contribution in [0.1, 0.15) is 26.7 Å². The number of sulfonamides is 1. The van der Waals surface area contributed by atoms with Crippen molar-refractivity contribution in [3.63, 3.8) is 0 Å². The highest BCUT2D eigenvalue weighted by molar-refractivity contribution is 7.89. The maximum atomic E-state index is 11.4. The molecule has 4 N–H and O–H groups in total. The lowest BCUT2D eigenvalue weighted by molar-refractivity contribution is 0.598. The molecule has 102 valence electrons. The van der Waals surface area contributed by atoms with Crippen LogP contribution in [-0.2, 0) is 10.0 Å². The number of nitrogens with two attached hydrogens (primary N) is 2. The van der Waals surface area contributed by atoms with Crippen LogP contribution in [0.3, 0.4) is 0 Å². The Morgan fingerprint density at radius 3 is 2.44 bits per heavy atom. The van der Waals surface area contributed by atoms with E-state index in [1.165, 1.54) is 6.07 Å². The van der Waals surface area contributed by atoms with Crippen molar-refractivity contribution in [3.05, 3.63) is 18.2 Å². The molecule has 1 aromatic rings. The van der Waals surface area contributed by atoms with E-state index >= 15 is 0 Å². The Hall–Kier alpha value is -1.27. The molecule has 0 aliphatic rings. The topological polar surface area (TPSA) is 89.4 Å². The maximum absolute atomic E-state index is 11.4. The predicted molar refractivity (Wildman–Crippen MR) is 75.0 cm³/mol. The van der Waals surface area contributed by atoms with Gasteiger partial charge in [-0.25, -0.2) is 13.6 Å². The highest BCUT2D eigenvalue weighted by atomic mass is 32.2. The lowest BCUT2D eigenvalue weighted by Crippen LogP contribution is -2.26. The second kappa shape index (κ2) is 6.06. The van der Waals surface area contributed by atoms with E-state index in [0.717, 1.165) is 31.6 Å². The number of benzene rings is 1. The van der Waals surface area contributed by atoms with E-state index in [1.54, 1.807) is 6.07 Å². The molecule has 0 aliphatic carbocycles. The van der Waals surface area contributed by atoms with Gasteiger partial charge in [0.25, 0.3) is 0 Å². The minimum Gasteiger partial charge on any atom is -0.396 e. The molecule has 5 nitrogen and oxygen atoms in total. The van der Waals surface area contributed by atoms with Crippen LogP contribution in [-0.4, -0.2) is 21.5 Å². The highest BCUT2D eigenvalue weighted by Gasteiger charge is 2.17. The molecule has 0 atom stereocenters. The zero-order valence-corrected chi connectivity index (χ0v) is 11.7. The van der Waals surface area contributed by atoms with Crippen LogP contribution >= 0.6 is 0 Å². The molecule has 0 saturated heterocycles. The van der Waals surface area contributed by atoms with Crippen molar-refractivity contribution >= 4 is 21.4 Å². The van der Waals surface area contributed by atoms with Crippen molar-refractivity contribution in [1.29, 1.82) is 0 Å². The zero-order chi connectivity index (χ0) is 13.8. The van der Waals surface area contributed by atoms with Gasteiger partial charge in [-0.2, -0.15) is 0 Å². The summed E-state index contributed by atoms with van der Waals surface area (Å²) in [6.07, 6.45) is 2.11. The standard InChI is InChI=1S/C12H21N3O2S/c1-3-5-9-15(4-2)10-7-6-8-11(12(10)13)18(14,16)17/h6-8H,3-5,9,13H2,1-2H3,(H2,14,16,17). The van der Waals surface area contributed by atoms with E-state index < -0.39 is 10.0 Å². The number of para-hydroxylation sites is 1. The van der Waals surface area contributed by atoms with E-state index in [0.29, 0.717) is 0 Å². The number of rotatable bonds is 6. The van der Waals surface area contributed by atoms with Crippen LogP contribution in [0.5, 0.6) is 0 Å². The Bertz CT molecular complexity index is 500. The molecule has 1 rings (SSSR count). The average molecular weight is 271 g/mol. The summed E-state index contributed by atoms with van der Waals surface area (Å²) in [5.41, 5.74) is 6.88. The minimum absolute atomic E-state index is 0.00468. The van der Waals surface area contributed by atoms with Gasteiger partial charge in [0, 0.05) is 13.1 Å². The van der Waals surface area contributed by atoms with Gasteiger partial charge < -0.3 is 10.6 Å². The Kier molecular flexibility index (Phi) is 4.98. The van der Waals surface area contributed by atoms with E-state index in [4.69, 9.17) is 10.9 Å². The lowest BCUT2D eigenvalue weighted by atomic mass is 10.2. The molecule has 0 aliphatic heterocycles. The van der Waals surface area contributed by atoms with Crippen molar-refractivity contribution in [2.24, 2.45) is 5.14 Å². The van der Waals surface area contributed by atoms with Gasteiger partial charge in [-0.05, 0) is 25.5 Å². The number of hydrogen-bond acceptors (Lipinski definition) is 4. The quantitative estimate of drug-likeness (QED) is 0.768. The molecule has 0 unspecified atom stereocenters. The van der Waals surface area contributed by atoms with Gasteiger partial charge in [0.1, 0.15) is 4.90 Å². The number of anilines is 2. The molecule has 0 bridgehead atoms. The first kappa shape index (κ1) is 14.8.